The molecule has 2 saturated carbocycles. The molecule has 3 aromatic rings. The number of hydrogen-bond acceptors (Lipinski definition) is 13. The highest BCUT2D eigenvalue weighted by atomic mass is 16.7. The first kappa shape index (κ1) is 43.6. The topological polar surface area (TPSA) is 200 Å². The lowest BCUT2D eigenvalue weighted by Gasteiger charge is -2.47. The molecule has 3 aromatic carbocycles. The predicted molar refractivity (Wildman–Crippen MR) is 242 cm³/mol. The Labute approximate surface area is 377 Å². The van der Waals surface area contributed by atoms with Crippen molar-refractivity contribution in [3.8, 4) is 17.2 Å². The summed E-state index contributed by atoms with van der Waals surface area (Å²) in [6, 6.07) is 11.3. The summed E-state index contributed by atoms with van der Waals surface area (Å²) >= 11 is 0. The minimum Gasteiger partial charge on any atom is -0.506 e. The maximum Gasteiger partial charge on any atom is 0.254 e. The lowest BCUT2D eigenvalue weighted by Crippen LogP contribution is -2.69. The second-order valence-corrected chi connectivity index (χ2v) is 18.4. The molecule has 1 saturated heterocycles. The molecule has 2 bridgehead atoms. The van der Waals surface area contributed by atoms with Crippen molar-refractivity contribution in [3.05, 3.63) is 111 Å². The first-order valence-corrected chi connectivity index (χ1v) is 23.0. The number of phenols is 1. The number of carbonyl (C=O) groups excluding carboxylic acids is 2. The normalized spacial score (nSPS) is 28.0. The first-order chi connectivity index (χ1) is 31.6. The third-order valence-electron chi connectivity index (χ3n) is 14.4. The van der Waals surface area contributed by atoms with Gasteiger partial charge >= 0.3 is 0 Å². The molecule has 65 heavy (non-hydrogen) atoms. The fourth-order valence-electron chi connectivity index (χ4n) is 10.7. The van der Waals surface area contributed by atoms with Crippen LogP contribution in [0.25, 0.3) is 16.8 Å². The number of aliphatic hydroxyl groups is 4. The molecule has 6 atom stereocenters. The SMILES string of the molecule is COc1cc2cc(C3CCCC3)c(C(=O)CN3Cc4ccccc4C3=O)c(O)c2c2c1C=CC(C1=C3[CH+]C(CNC4CCCCC4)=CC=C3N=C1)OCC1OC(O2)C(O)(CO)C(O)C1O. The number of Topliss-reactive ketones (excluding diaryl/α,β-unsaturated/α-hetero) is 1. The number of ether oxygens (including phenoxy) is 4. The third-order valence-corrected chi connectivity index (χ3v) is 14.4. The number of hydrogen-bond donors (Lipinski definition) is 6. The predicted octanol–water partition coefficient (Wildman–Crippen LogP) is 5.34. The Morgan fingerprint density at radius 3 is 2.62 bits per heavy atom. The van der Waals surface area contributed by atoms with E-state index in [2.05, 4.69) is 17.8 Å². The van der Waals surface area contributed by atoms with E-state index in [9.17, 15) is 35.1 Å². The number of benzene rings is 3. The fraction of sp³-hybridized carbons (Fsp3) is 0.451. The van der Waals surface area contributed by atoms with Crippen molar-refractivity contribution >= 4 is 34.8 Å². The van der Waals surface area contributed by atoms with Gasteiger partial charge in [0.2, 0.25) is 6.29 Å². The first-order valence-electron chi connectivity index (χ1n) is 23.0. The van der Waals surface area contributed by atoms with Gasteiger partial charge in [-0.25, -0.2) is 0 Å². The summed E-state index contributed by atoms with van der Waals surface area (Å²) < 4.78 is 25.4. The number of rotatable bonds is 10. The zero-order valence-electron chi connectivity index (χ0n) is 36.4. The second-order valence-electron chi connectivity index (χ2n) is 18.4. The van der Waals surface area contributed by atoms with Gasteiger partial charge in [0.25, 0.3) is 5.91 Å². The maximum atomic E-state index is 14.7. The number of methoxy groups -OCH3 is 1. The van der Waals surface area contributed by atoms with Crippen LogP contribution in [0.5, 0.6) is 17.2 Å². The summed E-state index contributed by atoms with van der Waals surface area (Å²) in [7, 11) is 1.49. The molecule has 1 amide bonds. The summed E-state index contributed by atoms with van der Waals surface area (Å²) in [6.07, 6.45) is 13.3. The Morgan fingerprint density at radius 2 is 1.85 bits per heavy atom. The number of nitrogens with zero attached hydrogens (tertiary/aromatic N) is 2. The van der Waals surface area contributed by atoms with Crippen molar-refractivity contribution in [2.24, 2.45) is 4.99 Å². The lowest BCUT2D eigenvalue weighted by atomic mass is 9.86. The number of aliphatic imine (C=N–C) groups is 1. The standard InChI is InChI=1S/C51H55N3O11/c1-62-41-21-31-20-35(29-9-5-6-10-29)44(39(56)25-54-24-30-11-7-8-14-33(30)49(54)60)46(58)43(31)47-34(41)16-18-40(63-26-42-45(57)48(59)51(61,27-55)50(64-42)65-47)37-23-53-38-17-15-28(19-36(37)38)22-52-32-12-3-2-4-13-32/h7-8,11,14-21,23,29,32,40,42,45,48,50,52,55,57,59,61H,2-6,9-10,12-13,22,24-27H2,1H3/p+1. The van der Waals surface area contributed by atoms with E-state index in [1.165, 1.54) is 31.3 Å². The van der Waals surface area contributed by atoms with Crippen molar-refractivity contribution in [2.75, 3.05) is 33.4 Å². The van der Waals surface area contributed by atoms with Gasteiger partial charge in [0, 0.05) is 48.8 Å². The zero-order chi connectivity index (χ0) is 45.0. The molecule has 14 nitrogen and oxygen atoms in total. The highest BCUT2D eigenvalue weighted by molar-refractivity contribution is 6.11. The van der Waals surface area contributed by atoms with Gasteiger partial charge in [0.05, 0.1) is 55.2 Å². The van der Waals surface area contributed by atoms with Gasteiger partial charge in [-0.1, -0.05) is 50.3 Å². The number of ketones is 1. The molecule has 6 N–H and O–H groups in total. The summed E-state index contributed by atoms with van der Waals surface area (Å²) in [6.45, 7) is -0.692. The molecular weight excluding hydrogens is 831 g/mol. The van der Waals surface area contributed by atoms with Crippen LogP contribution in [0.4, 0.5) is 0 Å². The van der Waals surface area contributed by atoms with Gasteiger partial charge in [-0.3, -0.25) is 9.59 Å². The van der Waals surface area contributed by atoms with Gasteiger partial charge in [-0.2, -0.15) is 4.99 Å². The maximum absolute atomic E-state index is 14.7. The van der Waals surface area contributed by atoms with Crippen LogP contribution >= 0.6 is 0 Å². The molecule has 0 radical (unpaired) electrons. The molecule has 4 aliphatic heterocycles. The molecule has 14 heteroatoms. The van der Waals surface area contributed by atoms with Crippen LogP contribution in [-0.4, -0.2) is 124 Å². The lowest BCUT2D eigenvalue weighted by molar-refractivity contribution is -0.329. The number of aliphatic hydroxyl groups excluding tert-OH is 3. The number of amides is 1. The van der Waals surface area contributed by atoms with Crippen molar-refractivity contribution in [2.45, 2.75) is 113 Å². The second kappa shape index (κ2) is 17.8. The summed E-state index contributed by atoms with van der Waals surface area (Å²) in [5.74, 6) is -0.942. The van der Waals surface area contributed by atoms with E-state index in [4.69, 9.17) is 23.9 Å². The Balaban J connectivity index is 1.09. The number of fused-ring (bicyclic) bond motifs is 7. The van der Waals surface area contributed by atoms with E-state index in [0.717, 1.165) is 66.5 Å². The Morgan fingerprint density at radius 1 is 1.06 bits per heavy atom. The Bertz CT molecular complexity index is 2550. The van der Waals surface area contributed by atoms with E-state index in [1.54, 1.807) is 36.6 Å². The van der Waals surface area contributed by atoms with Crippen molar-refractivity contribution in [1.82, 2.24) is 10.2 Å². The van der Waals surface area contributed by atoms with Crippen LogP contribution in [0.1, 0.15) is 101 Å². The van der Waals surface area contributed by atoms with Gasteiger partial charge in [-0.15, -0.1) is 0 Å². The van der Waals surface area contributed by atoms with Gasteiger partial charge in [0.15, 0.2) is 17.1 Å². The van der Waals surface area contributed by atoms with Gasteiger partial charge in [0.1, 0.15) is 47.2 Å². The molecule has 6 unspecified atom stereocenters. The van der Waals surface area contributed by atoms with Crippen LogP contribution in [0.2, 0.25) is 0 Å². The summed E-state index contributed by atoms with van der Waals surface area (Å²) in [4.78, 5) is 34.4. The number of aromatic hydroxyl groups is 1. The van der Waals surface area contributed by atoms with E-state index in [-0.39, 0.29) is 53.8 Å². The van der Waals surface area contributed by atoms with Crippen molar-refractivity contribution in [1.29, 1.82) is 0 Å². The average molecular weight is 887 g/mol. The van der Waals surface area contributed by atoms with Gasteiger partial charge in [-0.05, 0) is 78.5 Å². The molecule has 0 spiro atoms. The minimum atomic E-state index is -2.56. The van der Waals surface area contributed by atoms with E-state index in [0.29, 0.717) is 34.8 Å². The van der Waals surface area contributed by atoms with Crippen LogP contribution in [0, 0.1) is 6.42 Å². The van der Waals surface area contributed by atoms with Crippen molar-refractivity contribution < 1.29 is 54.1 Å². The Kier molecular flexibility index (Phi) is 11.9. The molecule has 0 aromatic heterocycles. The number of phenolic OH excluding ortho intramolecular Hbond substituents is 1. The summed E-state index contributed by atoms with van der Waals surface area (Å²) in [5, 5.41) is 62.3. The van der Waals surface area contributed by atoms with Crippen LogP contribution in [-0.2, 0) is 16.0 Å². The quantitative estimate of drug-likeness (QED) is 0.113. The summed E-state index contributed by atoms with van der Waals surface area (Å²) in [5.41, 5.74) is 3.19. The molecule has 3 fully saturated rings. The highest BCUT2D eigenvalue weighted by Gasteiger charge is 2.57. The molecule has 3 aliphatic carbocycles. The van der Waals surface area contributed by atoms with Gasteiger partial charge < -0.3 is 54.7 Å². The molecule has 340 valence electrons. The minimum absolute atomic E-state index is 0.0484. The third kappa shape index (κ3) is 7.88. The monoisotopic (exact) mass is 886 g/mol. The number of carbonyl (C=O) groups is 2. The molecule has 7 aliphatic rings. The molecule has 10 rings (SSSR count). The van der Waals surface area contributed by atoms with E-state index >= 15 is 0 Å². The van der Waals surface area contributed by atoms with E-state index < -0.39 is 54.4 Å². The number of nitrogens with one attached hydrogen (secondary N) is 1. The smallest absolute Gasteiger partial charge is 0.254 e. The molecular formula is C51H56N3O11+. The average Bonchev–Trinajstić information content (AvgIpc) is 4.08. The van der Waals surface area contributed by atoms with Crippen LogP contribution in [0.3, 0.4) is 0 Å². The van der Waals surface area contributed by atoms with E-state index in [1.807, 2.05) is 24.3 Å². The zero-order valence-corrected chi connectivity index (χ0v) is 36.4. The highest BCUT2D eigenvalue weighted by Crippen LogP contribution is 2.50. The largest absolute Gasteiger partial charge is 0.506 e. The van der Waals surface area contributed by atoms with Crippen LogP contribution < -0.4 is 14.8 Å². The fourth-order valence-corrected chi connectivity index (χ4v) is 10.7. The molecule has 4 heterocycles. The van der Waals surface area contributed by atoms with Crippen LogP contribution in [0.15, 0.2) is 82.0 Å². The number of allylic oxidation sites excluding steroid dienone is 3. The van der Waals surface area contributed by atoms with Crippen molar-refractivity contribution in [3.63, 3.8) is 0 Å². The Hall–Kier alpha value is -5.32.